The molecule has 162 valence electrons. The number of carbonyl (C=O) groups is 1. The molecule has 4 fully saturated rings. The molecule has 0 unspecified atom stereocenters. The van der Waals surface area contributed by atoms with Crippen molar-refractivity contribution in [2.24, 2.45) is 39.6 Å². The Kier molecular flexibility index (Phi) is 5.00. The van der Waals surface area contributed by atoms with Gasteiger partial charge in [-0.05, 0) is 99.0 Å². The van der Waals surface area contributed by atoms with E-state index in [0.717, 1.165) is 31.1 Å². The second-order valence-electron chi connectivity index (χ2n) is 10.8. The molecule has 4 aliphatic rings. The van der Waals surface area contributed by atoms with Crippen LogP contribution in [0.1, 0.15) is 82.0 Å². The number of nitrogens with zero attached hydrogens (tertiary/aromatic N) is 2. The van der Waals surface area contributed by atoms with E-state index in [4.69, 9.17) is 0 Å². The first-order valence-corrected chi connectivity index (χ1v) is 11.9. The third kappa shape index (κ3) is 3.12. The number of hydrogen-bond donors (Lipinski definition) is 2. The molecule has 7 atom stereocenters. The molecule has 30 heavy (non-hydrogen) atoms. The molecule has 0 saturated heterocycles. The van der Waals surface area contributed by atoms with E-state index in [2.05, 4.69) is 29.4 Å². The van der Waals surface area contributed by atoms with E-state index >= 15 is 0 Å². The Balaban J connectivity index is 1.33. The number of fused-ring (bicyclic) bond motifs is 5. The van der Waals surface area contributed by atoms with Gasteiger partial charge in [-0.25, -0.2) is 5.43 Å². The maximum Gasteiger partial charge on any atom is 0.271 e. The van der Waals surface area contributed by atoms with Gasteiger partial charge in [0.25, 0.3) is 5.91 Å². The van der Waals surface area contributed by atoms with Gasteiger partial charge in [0.2, 0.25) is 0 Å². The van der Waals surface area contributed by atoms with Crippen molar-refractivity contribution in [1.29, 1.82) is 0 Å². The molecule has 5 nitrogen and oxygen atoms in total. The fraction of sp³-hybridized carbons (Fsp3) is 0.720. The lowest BCUT2D eigenvalue weighted by Gasteiger charge is -2.60. The zero-order valence-corrected chi connectivity index (χ0v) is 18.3. The van der Waals surface area contributed by atoms with Gasteiger partial charge in [-0.15, -0.1) is 0 Å². The third-order valence-corrected chi connectivity index (χ3v) is 9.61. The van der Waals surface area contributed by atoms with Crippen molar-refractivity contribution < 1.29 is 9.90 Å². The minimum atomic E-state index is -0.153. The maximum atomic E-state index is 12.5. The molecule has 0 spiro atoms. The smallest absolute Gasteiger partial charge is 0.271 e. The highest BCUT2D eigenvalue weighted by Gasteiger charge is 2.59. The summed E-state index contributed by atoms with van der Waals surface area (Å²) in [6.07, 6.45) is 13.6. The van der Waals surface area contributed by atoms with Crippen LogP contribution in [-0.2, 0) is 0 Å². The number of nitrogens with one attached hydrogen (secondary N) is 1. The SMILES string of the molecule is C[C@]12CC[C@@H](O)C[C@H]1CC[C@@H]1[C@@H]2CC[C@]2(C)/C(=N\NC(=O)c3ccncc3)CC[C@@H]12. The van der Waals surface area contributed by atoms with Crippen LogP contribution in [0.2, 0.25) is 0 Å². The van der Waals surface area contributed by atoms with Crippen LogP contribution >= 0.6 is 0 Å². The molecule has 0 aromatic carbocycles. The lowest BCUT2D eigenvalue weighted by Crippen LogP contribution is -2.54. The third-order valence-electron chi connectivity index (χ3n) is 9.61. The average molecular weight is 410 g/mol. The summed E-state index contributed by atoms with van der Waals surface area (Å²) in [5.74, 6) is 2.77. The number of hydrogen-bond acceptors (Lipinski definition) is 4. The van der Waals surface area contributed by atoms with Crippen molar-refractivity contribution in [2.45, 2.75) is 77.7 Å². The Morgan fingerprint density at radius 1 is 1.10 bits per heavy atom. The quantitative estimate of drug-likeness (QED) is 0.703. The summed E-state index contributed by atoms with van der Waals surface area (Å²) in [6, 6.07) is 3.44. The summed E-state index contributed by atoms with van der Waals surface area (Å²) in [7, 11) is 0. The van der Waals surface area contributed by atoms with Gasteiger partial charge in [0.15, 0.2) is 0 Å². The average Bonchev–Trinajstić information content (AvgIpc) is 3.09. The summed E-state index contributed by atoms with van der Waals surface area (Å²) >= 11 is 0. The largest absolute Gasteiger partial charge is 0.393 e. The Morgan fingerprint density at radius 2 is 1.90 bits per heavy atom. The van der Waals surface area contributed by atoms with Crippen LogP contribution in [0.4, 0.5) is 0 Å². The van der Waals surface area contributed by atoms with Crippen LogP contribution in [0.3, 0.4) is 0 Å². The van der Waals surface area contributed by atoms with E-state index in [9.17, 15) is 9.90 Å². The normalized spacial score (nSPS) is 44.1. The Labute approximate surface area is 179 Å². The number of aliphatic hydroxyl groups is 1. The minimum absolute atomic E-state index is 0.0808. The van der Waals surface area contributed by atoms with Gasteiger partial charge < -0.3 is 5.11 Å². The van der Waals surface area contributed by atoms with Crippen LogP contribution in [0.25, 0.3) is 0 Å². The number of amides is 1. The van der Waals surface area contributed by atoms with Crippen LogP contribution in [0, 0.1) is 34.5 Å². The summed E-state index contributed by atoms with van der Waals surface area (Å²) in [6.45, 7) is 4.93. The van der Waals surface area contributed by atoms with E-state index in [1.54, 1.807) is 24.5 Å². The van der Waals surface area contributed by atoms with Crippen LogP contribution in [0.5, 0.6) is 0 Å². The highest BCUT2D eigenvalue weighted by atomic mass is 16.3. The fourth-order valence-electron chi connectivity index (χ4n) is 7.89. The first-order valence-electron chi connectivity index (χ1n) is 11.9. The molecule has 1 aromatic rings. The van der Waals surface area contributed by atoms with Crippen LogP contribution in [-0.4, -0.2) is 27.8 Å². The zero-order chi connectivity index (χ0) is 20.9. The molecular weight excluding hydrogens is 374 g/mol. The van der Waals surface area contributed by atoms with Crippen molar-refractivity contribution in [3.63, 3.8) is 0 Å². The van der Waals surface area contributed by atoms with Gasteiger partial charge in [0.05, 0.1) is 6.10 Å². The lowest BCUT2D eigenvalue weighted by atomic mass is 9.45. The highest BCUT2D eigenvalue weighted by Crippen LogP contribution is 2.65. The first-order chi connectivity index (χ1) is 14.4. The maximum absolute atomic E-state index is 12.5. The summed E-state index contributed by atoms with van der Waals surface area (Å²) in [5.41, 5.74) is 5.13. The number of rotatable bonds is 2. The molecule has 4 saturated carbocycles. The Bertz CT molecular complexity index is 840. The highest BCUT2D eigenvalue weighted by molar-refractivity contribution is 5.97. The molecule has 1 heterocycles. The number of aromatic nitrogens is 1. The predicted octanol–water partition coefficient (Wildman–Crippen LogP) is 4.57. The number of aliphatic hydroxyl groups excluding tert-OH is 1. The molecule has 0 bridgehead atoms. The van der Waals surface area contributed by atoms with E-state index < -0.39 is 0 Å². The van der Waals surface area contributed by atoms with E-state index in [0.29, 0.717) is 22.8 Å². The van der Waals surface area contributed by atoms with Crippen molar-refractivity contribution in [2.75, 3.05) is 0 Å². The molecule has 0 radical (unpaired) electrons. The number of carbonyl (C=O) groups excluding carboxylic acids is 1. The number of pyridine rings is 1. The predicted molar refractivity (Wildman–Crippen MR) is 117 cm³/mol. The van der Waals surface area contributed by atoms with Gasteiger partial charge >= 0.3 is 0 Å². The first kappa shape index (κ1) is 20.2. The van der Waals surface area contributed by atoms with Crippen LogP contribution in [0.15, 0.2) is 29.6 Å². The lowest BCUT2D eigenvalue weighted by molar-refractivity contribution is -0.113. The van der Waals surface area contributed by atoms with Crippen molar-refractivity contribution >= 4 is 11.6 Å². The summed E-state index contributed by atoms with van der Waals surface area (Å²) in [4.78, 5) is 16.4. The van der Waals surface area contributed by atoms with Crippen LogP contribution < -0.4 is 5.43 Å². The molecule has 1 amide bonds. The van der Waals surface area contributed by atoms with Crippen molar-refractivity contribution in [1.82, 2.24) is 10.4 Å². The van der Waals surface area contributed by atoms with E-state index in [1.807, 2.05) is 0 Å². The standard InChI is InChI=1S/C25H35N3O2/c1-24-11-7-18(29)15-17(24)3-4-19-20-5-6-22(25(20,2)12-8-21(19)24)27-28-23(30)16-9-13-26-14-10-16/h9-10,13-14,17-21,29H,3-8,11-12,15H2,1-2H3,(H,28,30)/b27-22-/t17-,18-,19+,20+,21+,24+,25+/m1/s1. The molecule has 1 aromatic heterocycles. The molecule has 5 rings (SSSR count). The van der Waals surface area contributed by atoms with Gasteiger partial charge in [-0.1, -0.05) is 13.8 Å². The molecule has 5 heteroatoms. The van der Waals surface area contributed by atoms with E-state index in [-0.39, 0.29) is 17.4 Å². The Morgan fingerprint density at radius 3 is 2.70 bits per heavy atom. The molecule has 0 aliphatic heterocycles. The van der Waals surface area contributed by atoms with E-state index in [1.165, 1.54) is 44.2 Å². The monoisotopic (exact) mass is 409 g/mol. The summed E-state index contributed by atoms with van der Waals surface area (Å²) < 4.78 is 0. The van der Waals surface area contributed by atoms with Crippen molar-refractivity contribution in [3.05, 3.63) is 30.1 Å². The zero-order valence-electron chi connectivity index (χ0n) is 18.3. The minimum Gasteiger partial charge on any atom is -0.393 e. The molecular formula is C25H35N3O2. The Hall–Kier alpha value is -1.75. The van der Waals surface area contributed by atoms with Gasteiger partial charge in [-0.2, -0.15) is 5.10 Å². The van der Waals surface area contributed by atoms with Gasteiger partial charge in [-0.3, -0.25) is 9.78 Å². The molecule has 2 N–H and O–H groups in total. The van der Waals surface area contributed by atoms with Gasteiger partial charge in [0.1, 0.15) is 0 Å². The summed E-state index contributed by atoms with van der Waals surface area (Å²) in [5, 5.41) is 14.9. The number of hydrazone groups is 1. The topological polar surface area (TPSA) is 74.6 Å². The second-order valence-corrected chi connectivity index (χ2v) is 10.8. The second kappa shape index (κ2) is 7.44. The fourth-order valence-corrected chi connectivity index (χ4v) is 7.89. The van der Waals surface area contributed by atoms with Gasteiger partial charge in [0, 0.05) is 29.1 Å². The molecule has 4 aliphatic carbocycles. The van der Waals surface area contributed by atoms with Crippen molar-refractivity contribution in [3.8, 4) is 0 Å².